The predicted octanol–water partition coefficient (Wildman–Crippen LogP) is 0.938. The van der Waals surface area contributed by atoms with Crippen molar-refractivity contribution in [2.45, 2.75) is 56.1 Å². The Balaban J connectivity index is 1.83. The van der Waals surface area contributed by atoms with Gasteiger partial charge in [-0.15, -0.1) is 0 Å². The molecule has 0 aromatic heterocycles. The summed E-state index contributed by atoms with van der Waals surface area (Å²) in [5.74, 6) is -0.936. The molecule has 1 aromatic carbocycles. The molecule has 2 fully saturated rings. The SMILES string of the molecule is Cc1ccc(S(=O)(=O)OC2C(O)COC3OC(C)(C)OC32)cc1. The van der Waals surface area contributed by atoms with Crippen LogP contribution in [-0.4, -0.2) is 50.5 Å². The van der Waals surface area contributed by atoms with Gasteiger partial charge >= 0.3 is 0 Å². The minimum absolute atomic E-state index is 0.0246. The molecule has 1 N–H and O–H groups in total. The molecular formula is C15H20O7S. The lowest BCUT2D eigenvalue weighted by Crippen LogP contribution is -2.53. The van der Waals surface area contributed by atoms with Crippen LogP contribution < -0.4 is 0 Å². The molecule has 1 aromatic rings. The number of aliphatic hydroxyl groups excluding tert-OH is 1. The highest BCUT2D eigenvalue weighted by atomic mass is 32.2. The number of hydrogen-bond acceptors (Lipinski definition) is 7. The van der Waals surface area contributed by atoms with Crippen LogP contribution in [0.3, 0.4) is 0 Å². The summed E-state index contributed by atoms with van der Waals surface area (Å²) in [6, 6.07) is 6.28. The van der Waals surface area contributed by atoms with E-state index in [0.717, 1.165) is 5.56 Å². The zero-order chi connectivity index (χ0) is 16.8. The summed E-state index contributed by atoms with van der Waals surface area (Å²) >= 11 is 0. The van der Waals surface area contributed by atoms with Gasteiger partial charge in [-0.3, -0.25) is 4.18 Å². The maximum absolute atomic E-state index is 12.4. The van der Waals surface area contributed by atoms with Gasteiger partial charge in [0.1, 0.15) is 18.3 Å². The van der Waals surface area contributed by atoms with Crippen LogP contribution in [-0.2, 0) is 28.5 Å². The summed E-state index contributed by atoms with van der Waals surface area (Å²) in [5.41, 5.74) is 0.935. The molecule has 2 heterocycles. The second kappa shape index (κ2) is 5.80. The molecule has 23 heavy (non-hydrogen) atoms. The highest BCUT2D eigenvalue weighted by Crippen LogP contribution is 2.36. The third-order valence-electron chi connectivity index (χ3n) is 3.77. The highest BCUT2D eigenvalue weighted by Gasteiger charge is 2.53. The first kappa shape index (κ1) is 16.8. The monoisotopic (exact) mass is 344 g/mol. The Labute approximate surface area is 135 Å². The molecule has 4 unspecified atom stereocenters. The third kappa shape index (κ3) is 3.42. The molecule has 4 atom stereocenters. The fourth-order valence-electron chi connectivity index (χ4n) is 2.64. The highest BCUT2D eigenvalue weighted by molar-refractivity contribution is 7.86. The van der Waals surface area contributed by atoms with Gasteiger partial charge in [0.05, 0.1) is 11.5 Å². The minimum atomic E-state index is -4.04. The van der Waals surface area contributed by atoms with Crippen molar-refractivity contribution in [2.75, 3.05) is 6.61 Å². The Kier molecular flexibility index (Phi) is 4.24. The van der Waals surface area contributed by atoms with E-state index in [4.69, 9.17) is 18.4 Å². The summed E-state index contributed by atoms with van der Waals surface area (Å²) in [7, 11) is -4.04. The summed E-state index contributed by atoms with van der Waals surface area (Å²) in [4.78, 5) is 0.0246. The maximum Gasteiger partial charge on any atom is 0.297 e. The fourth-order valence-corrected chi connectivity index (χ4v) is 3.75. The van der Waals surface area contributed by atoms with E-state index in [1.807, 2.05) is 6.92 Å². The van der Waals surface area contributed by atoms with E-state index >= 15 is 0 Å². The van der Waals surface area contributed by atoms with Crippen molar-refractivity contribution in [3.63, 3.8) is 0 Å². The van der Waals surface area contributed by atoms with E-state index < -0.39 is 40.5 Å². The average Bonchev–Trinajstić information content (AvgIpc) is 2.77. The second-order valence-electron chi connectivity index (χ2n) is 6.20. The number of fused-ring (bicyclic) bond motifs is 1. The predicted molar refractivity (Wildman–Crippen MR) is 79.0 cm³/mol. The number of rotatable bonds is 3. The zero-order valence-electron chi connectivity index (χ0n) is 13.1. The van der Waals surface area contributed by atoms with E-state index in [2.05, 4.69) is 0 Å². The van der Waals surface area contributed by atoms with Gasteiger partial charge in [-0.05, 0) is 32.9 Å². The van der Waals surface area contributed by atoms with Crippen molar-refractivity contribution in [1.82, 2.24) is 0 Å². The first-order valence-corrected chi connectivity index (χ1v) is 8.74. The quantitative estimate of drug-likeness (QED) is 0.816. The van der Waals surface area contributed by atoms with Crippen LogP contribution in [0.5, 0.6) is 0 Å². The molecule has 0 spiro atoms. The number of benzene rings is 1. The van der Waals surface area contributed by atoms with Crippen LogP contribution in [0.4, 0.5) is 0 Å². The van der Waals surface area contributed by atoms with Crippen molar-refractivity contribution in [1.29, 1.82) is 0 Å². The molecule has 0 bridgehead atoms. The minimum Gasteiger partial charge on any atom is -0.388 e. The third-order valence-corrected chi connectivity index (χ3v) is 5.09. The molecule has 2 aliphatic heterocycles. The van der Waals surface area contributed by atoms with Gasteiger partial charge in [0.2, 0.25) is 0 Å². The van der Waals surface area contributed by atoms with Crippen LogP contribution in [0.1, 0.15) is 19.4 Å². The molecule has 0 radical (unpaired) electrons. The van der Waals surface area contributed by atoms with Crippen LogP contribution in [0.25, 0.3) is 0 Å². The average molecular weight is 344 g/mol. The number of aliphatic hydroxyl groups is 1. The lowest BCUT2D eigenvalue weighted by Gasteiger charge is -2.34. The van der Waals surface area contributed by atoms with Crippen LogP contribution >= 0.6 is 0 Å². The summed E-state index contributed by atoms with van der Waals surface area (Å²) in [5, 5.41) is 10.1. The first-order chi connectivity index (χ1) is 10.7. The fraction of sp³-hybridized carbons (Fsp3) is 0.600. The van der Waals surface area contributed by atoms with Gasteiger partial charge in [0.25, 0.3) is 10.1 Å². The summed E-state index contributed by atoms with van der Waals surface area (Å²) < 4.78 is 46.7. The van der Waals surface area contributed by atoms with Gasteiger partial charge < -0.3 is 19.3 Å². The number of aryl methyl sites for hydroxylation is 1. The van der Waals surface area contributed by atoms with E-state index in [1.54, 1.807) is 26.0 Å². The van der Waals surface area contributed by atoms with Gasteiger partial charge in [-0.25, -0.2) is 0 Å². The van der Waals surface area contributed by atoms with Crippen molar-refractivity contribution in [2.24, 2.45) is 0 Å². The lowest BCUT2D eigenvalue weighted by molar-refractivity contribution is -0.213. The Morgan fingerprint density at radius 1 is 1.22 bits per heavy atom. The van der Waals surface area contributed by atoms with Crippen LogP contribution in [0, 0.1) is 6.92 Å². The molecule has 0 aliphatic carbocycles. The Bertz CT molecular complexity index is 668. The van der Waals surface area contributed by atoms with Gasteiger partial charge in [0.15, 0.2) is 12.1 Å². The molecule has 128 valence electrons. The maximum atomic E-state index is 12.4. The van der Waals surface area contributed by atoms with Gasteiger partial charge in [0, 0.05) is 0 Å². The molecule has 2 saturated heterocycles. The lowest BCUT2D eigenvalue weighted by atomic mass is 10.1. The topological polar surface area (TPSA) is 91.3 Å². The summed E-state index contributed by atoms with van der Waals surface area (Å²) in [6.45, 7) is 5.14. The zero-order valence-corrected chi connectivity index (χ0v) is 13.9. The molecule has 0 amide bonds. The Hall–Kier alpha value is -1.03. The molecule has 3 rings (SSSR count). The Morgan fingerprint density at radius 2 is 1.87 bits per heavy atom. The molecular weight excluding hydrogens is 324 g/mol. The van der Waals surface area contributed by atoms with E-state index in [-0.39, 0.29) is 11.5 Å². The molecule has 2 aliphatic rings. The van der Waals surface area contributed by atoms with E-state index in [0.29, 0.717) is 0 Å². The normalized spacial score (nSPS) is 33.4. The van der Waals surface area contributed by atoms with Gasteiger partial charge in [-0.2, -0.15) is 8.42 Å². The molecule has 7 nitrogen and oxygen atoms in total. The summed E-state index contributed by atoms with van der Waals surface area (Å²) in [6.07, 6.45) is -3.82. The van der Waals surface area contributed by atoms with Gasteiger partial charge in [-0.1, -0.05) is 17.7 Å². The standard InChI is InChI=1S/C15H20O7S/c1-9-4-6-10(7-5-9)23(17,18)22-12-11(16)8-19-14-13(12)20-15(2,3)21-14/h4-7,11-14,16H,8H2,1-3H3. The van der Waals surface area contributed by atoms with Crippen molar-refractivity contribution < 1.29 is 31.9 Å². The van der Waals surface area contributed by atoms with Crippen molar-refractivity contribution in [3.8, 4) is 0 Å². The smallest absolute Gasteiger partial charge is 0.297 e. The first-order valence-electron chi connectivity index (χ1n) is 7.33. The second-order valence-corrected chi connectivity index (χ2v) is 7.77. The largest absolute Gasteiger partial charge is 0.388 e. The van der Waals surface area contributed by atoms with E-state index in [1.165, 1.54) is 12.1 Å². The Morgan fingerprint density at radius 3 is 2.52 bits per heavy atom. The van der Waals surface area contributed by atoms with Crippen LogP contribution in [0.2, 0.25) is 0 Å². The van der Waals surface area contributed by atoms with Crippen molar-refractivity contribution >= 4 is 10.1 Å². The van der Waals surface area contributed by atoms with Crippen LogP contribution in [0.15, 0.2) is 29.2 Å². The number of hydrogen-bond donors (Lipinski definition) is 1. The van der Waals surface area contributed by atoms with E-state index in [9.17, 15) is 13.5 Å². The van der Waals surface area contributed by atoms with Crippen molar-refractivity contribution in [3.05, 3.63) is 29.8 Å². The molecule has 0 saturated carbocycles. The molecule has 8 heteroatoms. The number of ether oxygens (including phenoxy) is 3.